The zero-order valence-electron chi connectivity index (χ0n) is 18.9. The molecule has 1 amide bonds. The summed E-state index contributed by atoms with van der Waals surface area (Å²) in [7, 11) is -3.82. The average Bonchev–Trinajstić information content (AvgIpc) is 2.82. The molecule has 0 aromatic heterocycles. The number of halogens is 1. The summed E-state index contributed by atoms with van der Waals surface area (Å²) >= 11 is 0. The van der Waals surface area contributed by atoms with Gasteiger partial charge in [0.1, 0.15) is 17.7 Å². The van der Waals surface area contributed by atoms with Gasteiger partial charge in [-0.25, -0.2) is 12.8 Å². The molecule has 33 heavy (non-hydrogen) atoms. The zero-order chi connectivity index (χ0) is 23.6. The van der Waals surface area contributed by atoms with Gasteiger partial charge in [-0.15, -0.1) is 0 Å². The molecule has 0 N–H and O–H groups in total. The van der Waals surface area contributed by atoms with Crippen LogP contribution in [0.3, 0.4) is 0 Å². The van der Waals surface area contributed by atoms with Crippen LogP contribution >= 0.6 is 0 Å². The topological polar surface area (TPSA) is 76.2 Å². The number of nitrogens with zero attached hydrogens (tertiary/aromatic N) is 2. The van der Waals surface area contributed by atoms with Crippen molar-refractivity contribution in [2.24, 2.45) is 0 Å². The van der Waals surface area contributed by atoms with Gasteiger partial charge in [-0.3, -0.25) is 4.79 Å². The van der Waals surface area contributed by atoms with E-state index >= 15 is 0 Å². The Morgan fingerprint density at radius 2 is 1.67 bits per heavy atom. The molecular weight excluding hydrogens is 447 g/mol. The van der Waals surface area contributed by atoms with Crippen molar-refractivity contribution in [3.8, 4) is 5.75 Å². The van der Waals surface area contributed by atoms with Crippen LogP contribution in [0.25, 0.3) is 0 Å². The minimum absolute atomic E-state index is 0.0354. The van der Waals surface area contributed by atoms with Crippen molar-refractivity contribution in [3.63, 3.8) is 0 Å². The van der Waals surface area contributed by atoms with Crippen molar-refractivity contribution in [2.75, 3.05) is 39.4 Å². The molecule has 2 fully saturated rings. The molecule has 0 aliphatic carbocycles. The van der Waals surface area contributed by atoms with Crippen LogP contribution in [0.1, 0.15) is 34.3 Å². The Labute approximate surface area is 194 Å². The maximum absolute atomic E-state index is 14.6. The molecule has 2 aromatic carbocycles. The second kappa shape index (κ2) is 9.79. The smallest absolute Gasteiger partial charge is 0.256 e. The molecule has 2 aromatic rings. The molecule has 0 saturated carbocycles. The number of rotatable bonds is 5. The van der Waals surface area contributed by atoms with Crippen LogP contribution in [0.5, 0.6) is 5.75 Å². The van der Waals surface area contributed by atoms with Crippen molar-refractivity contribution in [2.45, 2.75) is 37.7 Å². The van der Waals surface area contributed by atoms with Gasteiger partial charge in [0, 0.05) is 39.0 Å². The van der Waals surface area contributed by atoms with E-state index in [0.29, 0.717) is 39.1 Å². The summed E-state index contributed by atoms with van der Waals surface area (Å²) in [5.41, 5.74) is 1.90. The van der Waals surface area contributed by atoms with E-state index in [1.165, 1.54) is 10.4 Å². The number of carbonyl (C=O) groups excluding carboxylic acids is 1. The normalized spacial score (nSPS) is 18.3. The molecule has 0 bridgehead atoms. The summed E-state index contributed by atoms with van der Waals surface area (Å²) in [6.07, 6.45) is 1.20. The monoisotopic (exact) mass is 476 g/mol. The van der Waals surface area contributed by atoms with Crippen molar-refractivity contribution >= 4 is 15.9 Å². The molecule has 0 spiro atoms. The van der Waals surface area contributed by atoms with Gasteiger partial charge < -0.3 is 14.4 Å². The molecule has 2 heterocycles. The maximum atomic E-state index is 14.6. The van der Waals surface area contributed by atoms with Gasteiger partial charge in [0.2, 0.25) is 10.0 Å². The average molecular weight is 477 g/mol. The maximum Gasteiger partial charge on any atom is 0.256 e. The Morgan fingerprint density at radius 3 is 2.30 bits per heavy atom. The third kappa shape index (κ3) is 5.05. The number of likely N-dealkylation sites (tertiary alicyclic amines) is 1. The number of ether oxygens (including phenoxy) is 2. The number of carbonyl (C=O) groups is 1. The highest BCUT2D eigenvalue weighted by Crippen LogP contribution is 2.27. The molecule has 9 heteroatoms. The van der Waals surface area contributed by atoms with Crippen LogP contribution in [0.4, 0.5) is 4.39 Å². The first-order valence-electron chi connectivity index (χ1n) is 11.2. The van der Waals surface area contributed by atoms with Crippen LogP contribution in [0.15, 0.2) is 41.3 Å². The van der Waals surface area contributed by atoms with Crippen LogP contribution in [-0.4, -0.2) is 69.0 Å². The van der Waals surface area contributed by atoms with Gasteiger partial charge in [-0.05, 0) is 43.2 Å². The summed E-state index contributed by atoms with van der Waals surface area (Å²) < 4.78 is 53.1. The number of amides is 1. The fraction of sp³-hybridized carbons (Fsp3) is 0.458. The lowest BCUT2D eigenvalue weighted by Gasteiger charge is -2.33. The number of hydrogen-bond acceptors (Lipinski definition) is 5. The Kier molecular flexibility index (Phi) is 7.02. The van der Waals surface area contributed by atoms with Crippen molar-refractivity contribution in [3.05, 3.63) is 58.9 Å². The number of benzene rings is 2. The quantitative estimate of drug-likeness (QED) is 0.663. The molecule has 2 saturated heterocycles. The lowest BCUT2D eigenvalue weighted by atomic mass is 10.0. The molecule has 0 atom stereocenters. The molecule has 0 unspecified atom stereocenters. The Bertz CT molecular complexity index is 1100. The highest BCUT2D eigenvalue weighted by molar-refractivity contribution is 7.89. The van der Waals surface area contributed by atoms with Gasteiger partial charge in [0.05, 0.1) is 23.7 Å². The van der Waals surface area contributed by atoms with E-state index in [2.05, 4.69) is 0 Å². The van der Waals surface area contributed by atoms with Crippen molar-refractivity contribution in [1.29, 1.82) is 0 Å². The van der Waals surface area contributed by atoms with Crippen LogP contribution in [0, 0.1) is 19.7 Å². The third-order valence-electron chi connectivity index (χ3n) is 6.20. The van der Waals surface area contributed by atoms with Crippen molar-refractivity contribution in [1.82, 2.24) is 9.21 Å². The first kappa shape index (κ1) is 23.7. The summed E-state index contributed by atoms with van der Waals surface area (Å²) in [4.78, 5) is 14.5. The molecule has 2 aliphatic heterocycles. The molecule has 0 radical (unpaired) electrons. The summed E-state index contributed by atoms with van der Waals surface area (Å²) in [6, 6.07) is 9.41. The molecule has 178 valence electrons. The highest BCUT2D eigenvalue weighted by atomic mass is 32.2. The standard InChI is InChI=1S/C24H29FN2O5S/c1-17-4-3-5-18(2)23(17)32-19-8-10-26(11-9-19)24(28)21-16-20(6-7-22(21)25)33(29,30)27-12-14-31-15-13-27/h3-7,16,19H,8-15H2,1-2H3. The number of hydrogen-bond donors (Lipinski definition) is 0. The lowest BCUT2D eigenvalue weighted by Crippen LogP contribution is -2.42. The summed E-state index contributed by atoms with van der Waals surface area (Å²) in [6.45, 7) is 5.91. The predicted molar refractivity (Wildman–Crippen MR) is 121 cm³/mol. The fourth-order valence-electron chi connectivity index (χ4n) is 4.26. The van der Waals surface area contributed by atoms with Crippen LogP contribution < -0.4 is 4.74 Å². The first-order valence-corrected chi connectivity index (χ1v) is 12.6. The van der Waals surface area contributed by atoms with E-state index in [0.717, 1.165) is 29.0 Å². The van der Waals surface area contributed by atoms with Gasteiger partial charge in [0.25, 0.3) is 5.91 Å². The summed E-state index contributed by atoms with van der Waals surface area (Å²) in [5, 5.41) is 0. The van der Waals surface area contributed by atoms with Crippen LogP contribution in [-0.2, 0) is 14.8 Å². The zero-order valence-corrected chi connectivity index (χ0v) is 19.7. The number of sulfonamides is 1. The van der Waals surface area contributed by atoms with E-state index < -0.39 is 21.7 Å². The molecule has 4 rings (SSSR count). The number of aryl methyl sites for hydroxylation is 2. The minimum atomic E-state index is -3.82. The van der Waals surface area contributed by atoms with Gasteiger partial charge >= 0.3 is 0 Å². The fourth-order valence-corrected chi connectivity index (χ4v) is 5.70. The molecule has 7 nitrogen and oxygen atoms in total. The lowest BCUT2D eigenvalue weighted by molar-refractivity contribution is 0.0588. The van der Waals surface area contributed by atoms with E-state index in [9.17, 15) is 17.6 Å². The van der Waals surface area contributed by atoms with Gasteiger partial charge in [-0.1, -0.05) is 18.2 Å². The highest BCUT2D eigenvalue weighted by Gasteiger charge is 2.30. The Balaban J connectivity index is 1.45. The SMILES string of the molecule is Cc1cccc(C)c1OC1CCN(C(=O)c2cc(S(=O)(=O)N3CCOCC3)ccc2F)CC1. The second-order valence-corrected chi connectivity index (χ2v) is 10.4. The van der Waals surface area contributed by atoms with Crippen molar-refractivity contribution < 1.29 is 27.1 Å². The van der Waals surface area contributed by atoms with Gasteiger partial charge in [-0.2, -0.15) is 4.31 Å². The number of morpholine rings is 1. The first-order chi connectivity index (χ1) is 15.8. The van der Waals surface area contributed by atoms with Crippen LogP contribution in [0.2, 0.25) is 0 Å². The summed E-state index contributed by atoms with van der Waals surface area (Å²) in [5.74, 6) is -0.360. The number of para-hydroxylation sites is 1. The molecular formula is C24H29FN2O5S. The Hall–Kier alpha value is -2.49. The van der Waals surface area contributed by atoms with E-state index in [-0.39, 0.29) is 29.7 Å². The third-order valence-corrected chi connectivity index (χ3v) is 8.09. The molecule has 2 aliphatic rings. The predicted octanol–water partition coefficient (Wildman–Crippen LogP) is 3.15. The van der Waals surface area contributed by atoms with E-state index in [1.54, 1.807) is 4.90 Å². The minimum Gasteiger partial charge on any atom is -0.490 e. The van der Waals surface area contributed by atoms with E-state index in [4.69, 9.17) is 9.47 Å². The second-order valence-electron chi connectivity index (χ2n) is 8.49. The number of piperidine rings is 1. The van der Waals surface area contributed by atoms with E-state index in [1.807, 2.05) is 32.0 Å². The largest absolute Gasteiger partial charge is 0.490 e. The Morgan fingerprint density at radius 1 is 1.03 bits per heavy atom. The van der Waals surface area contributed by atoms with Gasteiger partial charge in [0.15, 0.2) is 0 Å².